The number of fused-ring (bicyclic) bond motifs is 1. The van der Waals surface area contributed by atoms with Gasteiger partial charge >= 0.3 is 25.7 Å². The van der Waals surface area contributed by atoms with E-state index in [0.29, 0.717) is 31.0 Å². The molecule has 1 aliphatic heterocycles. The predicted molar refractivity (Wildman–Crippen MR) is 191 cm³/mol. The molecule has 3 N–H and O–H groups in total. The average Bonchev–Trinajstić information content (AvgIpc) is 3.66. The van der Waals surface area contributed by atoms with E-state index in [9.17, 15) is 18.9 Å². The first-order chi connectivity index (χ1) is 25.2. The van der Waals surface area contributed by atoms with Crippen LogP contribution in [-0.4, -0.2) is 96.0 Å². The molecule has 1 unspecified atom stereocenters. The third kappa shape index (κ3) is 11.0. The molecule has 18 heteroatoms. The minimum Gasteiger partial charge on any atom is -0.462 e. The van der Waals surface area contributed by atoms with Crippen LogP contribution in [0.5, 0.6) is 5.75 Å². The molecule has 17 nitrogen and oxygen atoms in total. The van der Waals surface area contributed by atoms with E-state index in [4.69, 9.17) is 43.2 Å². The van der Waals surface area contributed by atoms with Gasteiger partial charge in [0.05, 0.1) is 44.0 Å². The number of hydrogen-bond donors (Lipinski definition) is 2. The Morgan fingerprint density at radius 1 is 0.943 bits per heavy atom. The molecule has 6 atom stereocenters. The number of carbonyl (C=O) groups is 3. The van der Waals surface area contributed by atoms with Crippen LogP contribution in [0, 0.1) is 11.8 Å². The lowest BCUT2D eigenvalue weighted by Gasteiger charge is -2.33. The molecular formula is C35H50N5O12P. The molecule has 1 saturated heterocycles. The molecule has 1 fully saturated rings. The lowest BCUT2D eigenvalue weighted by Crippen LogP contribution is -2.49. The lowest BCUT2D eigenvalue weighted by atomic mass is 9.95. The number of carbonyl (C=O) groups excluding carboxylic acids is 3. The van der Waals surface area contributed by atoms with Crippen molar-refractivity contribution in [2.24, 2.45) is 11.8 Å². The monoisotopic (exact) mass is 763 g/mol. The summed E-state index contributed by atoms with van der Waals surface area (Å²) in [6.45, 7) is 12.3. The number of nitrogens with zero attached hydrogens (tertiary/aromatic N) is 3. The fraction of sp³-hybridized carbons (Fsp3) is 0.571. The number of rotatable bonds is 20. The quantitative estimate of drug-likeness (QED) is 0.0719. The van der Waals surface area contributed by atoms with Crippen molar-refractivity contribution in [3.8, 4) is 5.75 Å². The van der Waals surface area contributed by atoms with E-state index < -0.39 is 74.1 Å². The molecule has 0 spiro atoms. The van der Waals surface area contributed by atoms with Gasteiger partial charge in [-0.2, -0.15) is 10.2 Å². The van der Waals surface area contributed by atoms with Gasteiger partial charge in [0.1, 0.15) is 41.9 Å². The molecule has 0 radical (unpaired) electrons. The molecular weight excluding hydrogens is 713 g/mol. The zero-order valence-electron chi connectivity index (χ0n) is 31.1. The van der Waals surface area contributed by atoms with Crippen molar-refractivity contribution in [3.63, 3.8) is 0 Å². The molecule has 1 aliphatic rings. The minimum absolute atomic E-state index is 0.0562. The van der Waals surface area contributed by atoms with Crippen molar-refractivity contribution in [2.45, 2.75) is 78.4 Å². The number of benzene rings is 1. The maximum absolute atomic E-state index is 14.5. The number of esters is 3. The fourth-order valence-corrected chi connectivity index (χ4v) is 6.80. The van der Waals surface area contributed by atoms with Gasteiger partial charge in [-0.3, -0.25) is 18.9 Å². The molecule has 0 aliphatic carbocycles. The Morgan fingerprint density at radius 2 is 1.60 bits per heavy atom. The number of nitrogens with two attached hydrogens (primary N) is 1. The molecule has 3 heterocycles. The van der Waals surface area contributed by atoms with Crippen LogP contribution >= 0.6 is 7.75 Å². The minimum atomic E-state index is -4.44. The Bertz CT molecular complexity index is 1720. The van der Waals surface area contributed by atoms with E-state index in [1.54, 1.807) is 77.1 Å². The number of nitrogens with one attached hydrogen (secondary N) is 1. The summed E-state index contributed by atoms with van der Waals surface area (Å²) in [4.78, 5) is 43.3. The van der Waals surface area contributed by atoms with Crippen molar-refractivity contribution in [3.05, 3.63) is 54.5 Å². The van der Waals surface area contributed by atoms with Gasteiger partial charge < -0.3 is 38.7 Å². The molecule has 2 aromatic heterocycles. The average molecular weight is 764 g/mol. The Kier molecular flexibility index (Phi) is 14.7. The maximum Gasteiger partial charge on any atom is 0.459 e. The number of anilines is 1. The van der Waals surface area contributed by atoms with E-state index in [0.717, 1.165) is 0 Å². The van der Waals surface area contributed by atoms with Crippen molar-refractivity contribution >= 4 is 37.0 Å². The summed E-state index contributed by atoms with van der Waals surface area (Å²) in [5, 5.41) is 6.96. The molecule has 292 valence electrons. The Morgan fingerprint density at radius 3 is 2.28 bits per heavy atom. The van der Waals surface area contributed by atoms with E-state index in [1.807, 2.05) is 6.92 Å². The van der Waals surface area contributed by atoms with Gasteiger partial charge in [0.15, 0.2) is 18.0 Å². The number of para-hydroxylation sites is 1. The highest BCUT2D eigenvalue weighted by atomic mass is 31.2. The third-order valence-electron chi connectivity index (χ3n) is 8.08. The van der Waals surface area contributed by atoms with Gasteiger partial charge in [0.25, 0.3) is 0 Å². The van der Waals surface area contributed by atoms with Crippen LogP contribution in [0.2, 0.25) is 0 Å². The number of ether oxygens (including phenoxy) is 6. The summed E-state index contributed by atoms with van der Waals surface area (Å²) in [6, 6.07) is 10.4. The summed E-state index contributed by atoms with van der Waals surface area (Å²) in [5.74, 6) is -2.68. The summed E-state index contributed by atoms with van der Waals surface area (Å²) >= 11 is 0. The fourth-order valence-electron chi connectivity index (χ4n) is 5.21. The Hall–Kier alpha value is -4.12. The summed E-state index contributed by atoms with van der Waals surface area (Å²) in [6.07, 6.45) is -2.33. The lowest BCUT2D eigenvalue weighted by molar-refractivity contribution is -0.175. The molecule has 1 aromatic carbocycles. The van der Waals surface area contributed by atoms with Crippen molar-refractivity contribution in [1.82, 2.24) is 19.7 Å². The van der Waals surface area contributed by atoms with Gasteiger partial charge in [-0.05, 0) is 45.0 Å². The van der Waals surface area contributed by atoms with Gasteiger partial charge in [-0.1, -0.05) is 45.9 Å². The first-order valence-corrected chi connectivity index (χ1v) is 19.0. The van der Waals surface area contributed by atoms with Crippen molar-refractivity contribution < 1.29 is 56.4 Å². The van der Waals surface area contributed by atoms with Crippen molar-refractivity contribution in [1.29, 1.82) is 0 Å². The largest absolute Gasteiger partial charge is 0.462 e. The topological polar surface area (TPSA) is 210 Å². The van der Waals surface area contributed by atoms with Gasteiger partial charge in [-0.15, -0.1) is 0 Å². The molecule has 0 amide bonds. The van der Waals surface area contributed by atoms with Crippen LogP contribution in [0.4, 0.5) is 5.82 Å². The smallest absolute Gasteiger partial charge is 0.459 e. The second-order valence-corrected chi connectivity index (χ2v) is 14.8. The summed E-state index contributed by atoms with van der Waals surface area (Å²) < 4.78 is 62.4. The highest BCUT2D eigenvalue weighted by Gasteiger charge is 2.59. The van der Waals surface area contributed by atoms with Crippen LogP contribution in [0.15, 0.2) is 48.8 Å². The van der Waals surface area contributed by atoms with Crippen LogP contribution in [-0.2, 0) is 51.9 Å². The van der Waals surface area contributed by atoms with Gasteiger partial charge in [-0.25, -0.2) is 14.1 Å². The molecule has 0 bridgehead atoms. The summed E-state index contributed by atoms with van der Waals surface area (Å²) in [5.41, 5.74) is 5.34. The van der Waals surface area contributed by atoms with E-state index >= 15 is 0 Å². The van der Waals surface area contributed by atoms with Crippen LogP contribution in [0.1, 0.15) is 60.3 Å². The van der Waals surface area contributed by atoms with Crippen LogP contribution < -0.4 is 15.3 Å². The zero-order chi connectivity index (χ0) is 38.8. The predicted octanol–water partition coefficient (Wildman–Crippen LogP) is 4.06. The maximum atomic E-state index is 14.5. The van der Waals surface area contributed by atoms with E-state index in [-0.39, 0.29) is 24.8 Å². The number of hydrogen-bond acceptors (Lipinski definition) is 15. The van der Waals surface area contributed by atoms with E-state index in [2.05, 4.69) is 15.2 Å². The normalized spacial score (nSPS) is 21.7. The second-order valence-electron chi connectivity index (χ2n) is 13.1. The first kappa shape index (κ1) is 41.6. The third-order valence-corrected chi connectivity index (χ3v) is 9.70. The zero-order valence-corrected chi connectivity index (χ0v) is 32.0. The number of aromatic nitrogens is 3. The van der Waals surface area contributed by atoms with E-state index in [1.165, 1.54) is 17.8 Å². The first-order valence-electron chi connectivity index (χ1n) is 17.4. The molecule has 3 aromatic rings. The SMILES string of the molecule is CCOCCOCCOC(=O)[C@H](C)NP(=O)(OC[C@@]1(C)O[C@@H](c2ccc3c(N)ncnn23)[C@H](OC(=O)C(C)C)[C@@H]1OC(=O)C(C)C)Oc1ccccc1. The highest BCUT2D eigenvalue weighted by Crippen LogP contribution is 2.50. The highest BCUT2D eigenvalue weighted by molar-refractivity contribution is 7.52. The molecule has 53 heavy (non-hydrogen) atoms. The van der Waals surface area contributed by atoms with Crippen LogP contribution in [0.3, 0.4) is 0 Å². The van der Waals surface area contributed by atoms with Crippen molar-refractivity contribution in [2.75, 3.05) is 45.4 Å². The Balaban J connectivity index is 1.64. The van der Waals surface area contributed by atoms with Gasteiger partial charge in [0.2, 0.25) is 0 Å². The second kappa shape index (κ2) is 18.8. The standard InChI is InChI=1S/C35H50N5O12P/c1-8-45-16-17-46-18-19-47-34(43)24(6)39-53(44,52-25-12-10-9-11-13-25)48-20-35(7)30(50-33(42)23(4)5)29(49-32(41)22(2)3)28(51-35)26-14-15-27-31(36)37-21-38-40(26)27/h9-15,21-24,28-30H,8,16-20H2,1-7H3,(H,39,44)(H2,36,37,38)/t24-,28-,29-,30-,35+,53?/m0/s1. The van der Waals surface area contributed by atoms with Gasteiger partial charge in [0, 0.05) is 6.61 Å². The summed E-state index contributed by atoms with van der Waals surface area (Å²) in [7, 11) is -4.44. The molecule has 4 rings (SSSR count). The molecule has 0 saturated carbocycles. The van der Waals surface area contributed by atoms with Crippen LogP contribution in [0.25, 0.3) is 5.52 Å². The Labute approximate surface area is 308 Å². The number of nitrogen functional groups attached to an aromatic ring is 1.